The third kappa shape index (κ3) is 4.92. The molecule has 3 atom stereocenters. The van der Waals surface area contributed by atoms with E-state index in [1.54, 1.807) is 6.20 Å². The standard InChI is InChI=1S/C27H37N3O3/c1-5-20-12-21(16-28-15-20)27(32)29-22-13-23-6-7-24(14-22)30(23)19(4)25-8-9-26(33-11-10-31)18(3)17(25)2/h8-9,12,15-16,19,22-24,31H,5-7,10-11,13-14H2,1-4H3,(H,29,32). The van der Waals surface area contributed by atoms with Gasteiger partial charge in [0.05, 0.1) is 12.2 Å². The lowest BCUT2D eigenvalue weighted by atomic mass is 9.91. The molecule has 3 heterocycles. The summed E-state index contributed by atoms with van der Waals surface area (Å²) in [7, 11) is 0. The number of aliphatic hydroxyl groups is 1. The molecule has 6 nitrogen and oxygen atoms in total. The van der Waals surface area contributed by atoms with Crippen LogP contribution >= 0.6 is 0 Å². The van der Waals surface area contributed by atoms with Gasteiger partial charge in [0.15, 0.2) is 0 Å². The van der Waals surface area contributed by atoms with E-state index in [1.165, 1.54) is 24.0 Å². The number of hydrogen-bond donors (Lipinski definition) is 2. The molecule has 0 saturated carbocycles. The number of nitrogens with one attached hydrogen (secondary N) is 1. The Kier molecular flexibility index (Phi) is 7.35. The van der Waals surface area contributed by atoms with Gasteiger partial charge in [-0.2, -0.15) is 0 Å². The smallest absolute Gasteiger partial charge is 0.253 e. The van der Waals surface area contributed by atoms with Gasteiger partial charge in [0.1, 0.15) is 12.4 Å². The summed E-state index contributed by atoms with van der Waals surface area (Å²) in [5.41, 5.74) is 5.49. The molecule has 2 saturated heterocycles. The summed E-state index contributed by atoms with van der Waals surface area (Å²) in [5, 5.41) is 12.4. The molecule has 33 heavy (non-hydrogen) atoms. The molecule has 2 bridgehead atoms. The molecule has 2 fully saturated rings. The maximum Gasteiger partial charge on any atom is 0.253 e. The van der Waals surface area contributed by atoms with Crippen LogP contribution in [0.1, 0.15) is 78.2 Å². The highest BCUT2D eigenvalue weighted by Crippen LogP contribution is 2.43. The molecular weight excluding hydrogens is 414 g/mol. The molecule has 178 valence electrons. The van der Waals surface area contributed by atoms with E-state index in [9.17, 15) is 4.79 Å². The van der Waals surface area contributed by atoms with Crippen molar-refractivity contribution in [3.05, 3.63) is 58.4 Å². The van der Waals surface area contributed by atoms with E-state index in [0.29, 0.717) is 30.3 Å². The quantitative estimate of drug-likeness (QED) is 0.632. The topological polar surface area (TPSA) is 74.7 Å². The summed E-state index contributed by atoms with van der Waals surface area (Å²) < 4.78 is 5.70. The van der Waals surface area contributed by atoms with Crippen molar-refractivity contribution in [2.45, 2.75) is 84.0 Å². The maximum absolute atomic E-state index is 12.8. The van der Waals surface area contributed by atoms with Crippen LogP contribution < -0.4 is 10.1 Å². The first-order valence-electron chi connectivity index (χ1n) is 12.3. The zero-order valence-electron chi connectivity index (χ0n) is 20.3. The van der Waals surface area contributed by atoms with Gasteiger partial charge in [-0.3, -0.25) is 14.7 Å². The van der Waals surface area contributed by atoms with Gasteiger partial charge in [0.2, 0.25) is 0 Å². The first-order valence-corrected chi connectivity index (χ1v) is 12.3. The van der Waals surface area contributed by atoms with Gasteiger partial charge in [-0.1, -0.05) is 13.0 Å². The van der Waals surface area contributed by atoms with Crippen LogP contribution in [0.3, 0.4) is 0 Å². The Bertz CT molecular complexity index is 979. The Morgan fingerprint density at radius 3 is 2.61 bits per heavy atom. The normalized spacial score (nSPS) is 23.4. The van der Waals surface area contributed by atoms with Crippen LogP contribution in [0.15, 0.2) is 30.6 Å². The summed E-state index contributed by atoms with van der Waals surface area (Å²) in [4.78, 5) is 19.8. The van der Waals surface area contributed by atoms with E-state index in [-0.39, 0.29) is 18.6 Å². The zero-order chi connectivity index (χ0) is 23.5. The largest absolute Gasteiger partial charge is 0.491 e. The number of carbonyl (C=O) groups is 1. The van der Waals surface area contributed by atoms with E-state index in [2.05, 4.69) is 49.0 Å². The number of ether oxygens (including phenoxy) is 1. The molecule has 0 spiro atoms. The second-order valence-electron chi connectivity index (χ2n) is 9.56. The van der Waals surface area contributed by atoms with E-state index in [1.807, 2.05) is 18.3 Å². The number of benzene rings is 1. The van der Waals surface area contributed by atoms with Crippen LogP contribution in [0.5, 0.6) is 5.75 Å². The number of hydrogen-bond acceptors (Lipinski definition) is 5. The number of aromatic nitrogens is 1. The number of carbonyl (C=O) groups excluding carboxylic acids is 1. The summed E-state index contributed by atoms with van der Waals surface area (Å²) in [6, 6.07) is 7.66. The molecule has 1 aromatic carbocycles. The summed E-state index contributed by atoms with van der Waals surface area (Å²) in [6.45, 7) is 8.98. The van der Waals surface area contributed by atoms with Crippen molar-refractivity contribution in [3.63, 3.8) is 0 Å². The van der Waals surface area contributed by atoms with Crippen LogP contribution in [0.25, 0.3) is 0 Å². The molecule has 2 aromatic rings. The van der Waals surface area contributed by atoms with Crippen LogP contribution in [0.2, 0.25) is 0 Å². The van der Waals surface area contributed by atoms with Crippen LogP contribution in [-0.4, -0.2) is 52.2 Å². The minimum Gasteiger partial charge on any atom is -0.491 e. The molecule has 2 aliphatic rings. The zero-order valence-corrected chi connectivity index (χ0v) is 20.3. The highest BCUT2D eigenvalue weighted by molar-refractivity contribution is 5.94. The van der Waals surface area contributed by atoms with E-state index < -0.39 is 0 Å². The Hall–Kier alpha value is -2.44. The van der Waals surface area contributed by atoms with Gasteiger partial charge in [-0.15, -0.1) is 0 Å². The van der Waals surface area contributed by atoms with Gasteiger partial charge in [-0.25, -0.2) is 0 Å². The van der Waals surface area contributed by atoms with Crippen molar-refractivity contribution >= 4 is 5.91 Å². The summed E-state index contributed by atoms with van der Waals surface area (Å²) in [6.07, 6.45) is 8.72. The fourth-order valence-corrected chi connectivity index (χ4v) is 5.78. The van der Waals surface area contributed by atoms with E-state index in [0.717, 1.165) is 36.1 Å². The molecule has 2 N–H and O–H groups in total. The minimum absolute atomic E-state index is 0.00589. The minimum atomic E-state index is -0.00589. The molecule has 2 aliphatic heterocycles. The number of aryl methyl sites for hydroxylation is 1. The monoisotopic (exact) mass is 451 g/mol. The van der Waals surface area contributed by atoms with Gasteiger partial charge >= 0.3 is 0 Å². The highest BCUT2D eigenvalue weighted by Gasteiger charge is 2.43. The maximum atomic E-state index is 12.8. The number of piperidine rings is 1. The third-order valence-electron chi connectivity index (χ3n) is 7.62. The van der Waals surface area contributed by atoms with Crippen molar-refractivity contribution in [2.75, 3.05) is 13.2 Å². The Morgan fingerprint density at radius 1 is 1.21 bits per heavy atom. The number of amides is 1. The number of pyridine rings is 1. The molecule has 1 amide bonds. The highest BCUT2D eigenvalue weighted by atomic mass is 16.5. The Balaban J connectivity index is 1.44. The van der Waals surface area contributed by atoms with Crippen molar-refractivity contribution in [3.8, 4) is 5.75 Å². The molecule has 3 unspecified atom stereocenters. The predicted molar refractivity (Wildman–Crippen MR) is 130 cm³/mol. The first-order chi connectivity index (χ1) is 15.9. The summed E-state index contributed by atoms with van der Waals surface area (Å²) in [5.74, 6) is 0.845. The van der Waals surface area contributed by atoms with Crippen molar-refractivity contribution in [1.29, 1.82) is 0 Å². The lowest BCUT2D eigenvalue weighted by molar-refractivity contribution is 0.0689. The predicted octanol–water partition coefficient (Wildman–Crippen LogP) is 4.12. The molecule has 0 radical (unpaired) electrons. The van der Waals surface area contributed by atoms with Crippen LogP contribution in [-0.2, 0) is 6.42 Å². The third-order valence-corrected chi connectivity index (χ3v) is 7.62. The van der Waals surface area contributed by atoms with Gasteiger partial charge in [0, 0.05) is 36.6 Å². The lowest BCUT2D eigenvalue weighted by Gasteiger charge is -2.43. The Labute approximate surface area is 197 Å². The second kappa shape index (κ2) is 10.2. The number of aliphatic hydroxyl groups excluding tert-OH is 1. The average Bonchev–Trinajstić information content (AvgIpc) is 3.09. The average molecular weight is 452 g/mol. The molecule has 0 aliphatic carbocycles. The van der Waals surface area contributed by atoms with E-state index >= 15 is 0 Å². The van der Waals surface area contributed by atoms with Gasteiger partial charge in [-0.05, 0) is 87.3 Å². The summed E-state index contributed by atoms with van der Waals surface area (Å²) >= 11 is 0. The number of rotatable bonds is 8. The van der Waals surface area contributed by atoms with Crippen LogP contribution in [0.4, 0.5) is 0 Å². The molecule has 1 aromatic heterocycles. The van der Waals surface area contributed by atoms with Crippen LogP contribution in [0, 0.1) is 13.8 Å². The lowest BCUT2D eigenvalue weighted by Crippen LogP contribution is -2.51. The fourth-order valence-electron chi connectivity index (χ4n) is 5.78. The van der Waals surface area contributed by atoms with Crippen molar-refractivity contribution in [2.24, 2.45) is 0 Å². The first kappa shape index (κ1) is 23.7. The number of fused-ring (bicyclic) bond motifs is 2. The van der Waals surface area contributed by atoms with Crippen molar-refractivity contribution < 1.29 is 14.6 Å². The Morgan fingerprint density at radius 2 is 1.94 bits per heavy atom. The molecule has 6 heteroatoms. The fraction of sp³-hybridized carbons (Fsp3) is 0.556. The molecular formula is C27H37N3O3. The van der Waals surface area contributed by atoms with Crippen molar-refractivity contribution in [1.82, 2.24) is 15.2 Å². The molecule has 4 rings (SSSR count). The SMILES string of the molecule is CCc1cncc(C(=O)NC2CC3CCC(C2)N3C(C)c2ccc(OCCO)c(C)c2C)c1. The number of nitrogens with zero attached hydrogens (tertiary/aromatic N) is 2. The van der Waals surface area contributed by atoms with Gasteiger partial charge in [0.25, 0.3) is 5.91 Å². The van der Waals surface area contributed by atoms with E-state index in [4.69, 9.17) is 9.84 Å². The van der Waals surface area contributed by atoms with Gasteiger partial charge < -0.3 is 15.2 Å². The second-order valence-corrected chi connectivity index (χ2v) is 9.56.